The maximum absolute atomic E-state index is 11.2. The van der Waals surface area contributed by atoms with E-state index >= 15 is 0 Å². The van der Waals surface area contributed by atoms with Crippen molar-refractivity contribution in [3.8, 4) is 0 Å². The van der Waals surface area contributed by atoms with Gasteiger partial charge in [-0.1, -0.05) is 17.7 Å². The van der Waals surface area contributed by atoms with Crippen LogP contribution in [0.25, 0.3) is 0 Å². The first-order chi connectivity index (χ1) is 12.4. The third-order valence-corrected chi connectivity index (χ3v) is 4.12. The van der Waals surface area contributed by atoms with Crippen LogP contribution in [-0.2, 0) is 17.9 Å². The molecule has 1 heterocycles. The molecule has 0 radical (unpaired) electrons. The molecule has 0 aliphatic rings. The van der Waals surface area contributed by atoms with Crippen LogP contribution in [0.15, 0.2) is 34.3 Å². The summed E-state index contributed by atoms with van der Waals surface area (Å²) in [6, 6.07) is 8.13. The van der Waals surface area contributed by atoms with E-state index in [1.54, 1.807) is 6.92 Å². The molecule has 0 aliphatic carbocycles. The summed E-state index contributed by atoms with van der Waals surface area (Å²) in [6.45, 7) is 8.30. The summed E-state index contributed by atoms with van der Waals surface area (Å²) in [5, 5.41) is 0. The average Bonchev–Trinajstić information content (AvgIpc) is 3.01. The number of thiophene rings is 1. The zero-order valence-electron chi connectivity index (χ0n) is 14.9. The third-order valence-electron chi connectivity index (χ3n) is 3.17. The van der Waals surface area contributed by atoms with Crippen LogP contribution >= 0.6 is 31.5 Å². The Balaban J connectivity index is 0.00000105. The van der Waals surface area contributed by atoms with E-state index in [0.717, 1.165) is 15.4 Å². The SMILES string of the molecule is CCOC(=O)/N=C/c1ccc(C=Nc2c(C)cc(C)cc2C)s1.[Cl][Fe][Cl]. The van der Waals surface area contributed by atoms with E-state index in [1.165, 1.54) is 34.2 Å². The second-order valence-corrected chi connectivity index (χ2v) is 8.22. The van der Waals surface area contributed by atoms with Gasteiger partial charge in [0.25, 0.3) is 0 Å². The van der Waals surface area contributed by atoms with Crippen molar-refractivity contribution in [2.24, 2.45) is 9.98 Å². The van der Waals surface area contributed by atoms with Crippen molar-refractivity contribution in [3.05, 3.63) is 50.7 Å². The fourth-order valence-electron chi connectivity index (χ4n) is 2.29. The first-order valence-electron chi connectivity index (χ1n) is 7.69. The summed E-state index contributed by atoms with van der Waals surface area (Å²) < 4.78 is 4.75. The van der Waals surface area contributed by atoms with Crippen molar-refractivity contribution < 1.29 is 22.7 Å². The van der Waals surface area contributed by atoms with E-state index < -0.39 is 6.09 Å². The number of ether oxygens (including phenoxy) is 1. The molecule has 4 nitrogen and oxygen atoms in total. The Hall–Kier alpha value is -1.17. The molecule has 2 rings (SSSR count). The molecule has 26 heavy (non-hydrogen) atoms. The van der Waals surface area contributed by atoms with Gasteiger partial charge in [-0.3, -0.25) is 4.99 Å². The molecular formula is C18H20Cl2FeN2O2S. The van der Waals surface area contributed by atoms with Gasteiger partial charge < -0.3 is 4.74 Å². The fraction of sp³-hybridized carbons (Fsp3) is 0.278. The number of rotatable bonds is 4. The maximum atomic E-state index is 11.2. The number of amides is 1. The topological polar surface area (TPSA) is 51.0 Å². The van der Waals surface area contributed by atoms with Gasteiger partial charge in [-0.2, -0.15) is 4.99 Å². The first kappa shape index (κ1) is 22.9. The van der Waals surface area contributed by atoms with E-state index in [-0.39, 0.29) is 13.1 Å². The standard InChI is InChI=1S/C18H20N2O2S.2ClH.Fe/c1-5-22-18(21)20-11-16-7-6-15(23-16)10-19-17-13(3)8-12(2)9-14(17)4;;;/h6-11H,5H2,1-4H3;2*1H;/q;;;+2/p-2/b19-10?,20-11+;;;. The van der Waals surface area contributed by atoms with Crippen LogP contribution in [-0.4, -0.2) is 25.1 Å². The van der Waals surface area contributed by atoms with Gasteiger partial charge in [0.2, 0.25) is 0 Å². The molecule has 0 bridgehead atoms. The number of aliphatic imine (C=N–C) groups is 2. The van der Waals surface area contributed by atoms with E-state index in [0.29, 0.717) is 6.61 Å². The van der Waals surface area contributed by atoms with Gasteiger partial charge in [0.15, 0.2) is 0 Å². The summed E-state index contributed by atoms with van der Waals surface area (Å²) >= 11 is 1.72. The number of benzene rings is 1. The van der Waals surface area contributed by atoms with Crippen molar-refractivity contribution >= 4 is 55.7 Å². The minimum absolute atomic E-state index is 0.194. The predicted molar refractivity (Wildman–Crippen MR) is 109 cm³/mol. The number of halogens is 2. The molecular weight excluding hydrogens is 435 g/mol. The zero-order chi connectivity index (χ0) is 19.5. The number of carbonyl (C=O) groups is 1. The number of hydrogen-bond acceptors (Lipinski definition) is 4. The predicted octanol–water partition coefficient (Wildman–Crippen LogP) is 6.38. The van der Waals surface area contributed by atoms with Gasteiger partial charge in [-0.25, -0.2) is 4.79 Å². The molecule has 0 spiro atoms. The zero-order valence-corrected chi connectivity index (χ0v) is 18.3. The van der Waals surface area contributed by atoms with Crippen LogP contribution in [0.5, 0.6) is 0 Å². The molecule has 0 atom stereocenters. The van der Waals surface area contributed by atoms with Crippen LogP contribution < -0.4 is 0 Å². The Labute approximate surface area is 172 Å². The van der Waals surface area contributed by atoms with Crippen molar-refractivity contribution in [1.82, 2.24) is 0 Å². The number of aryl methyl sites for hydroxylation is 3. The van der Waals surface area contributed by atoms with Gasteiger partial charge in [0.1, 0.15) is 0 Å². The number of carbonyl (C=O) groups excluding carboxylic acids is 1. The van der Waals surface area contributed by atoms with Gasteiger partial charge >= 0.3 is 39.4 Å². The Bertz CT molecular complexity index is 768. The Morgan fingerprint density at radius 1 is 1.15 bits per heavy atom. The summed E-state index contributed by atoms with van der Waals surface area (Å²) in [6.07, 6.45) is 2.79. The molecule has 0 N–H and O–H groups in total. The summed E-state index contributed by atoms with van der Waals surface area (Å²) in [7, 11) is 9.53. The molecule has 0 aliphatic heterocycles. The van der Waals surface area contributed by atoms with Crippen molar-refractivity contribution in [2.75, 3.05) is 6.61 Å². The van der Waals surface area contributed by atoms with Gasteiger partial charge in [-0.15, -0.1) is 11.3 Å². The van der Waals surface area contributed by atoms with Gasteiger partial charge in [0, 0.05) is 16.0 Å². The molecule has 0 fully saturated rings. The summed E-state index contributed by atoms with van der Waals surface area (Å²) in [5.74, 6) is 0. The molecule has 0 unspecified atom stereocenters. The second kappa shape index (κ2) is 12.3. The first-order valence-corrected chi connectivity index (χ1v) is 11.5. The van der Waals surface area contributed by atoms with Crippen LogP contribution in [0.2, 0.25) is 0 Å². The second-order valence-electron chi connectivity index (χ2n) is 5.25. The fourth-order valence-corrected chi connectivity index (χ4v) is 3.04. The van der Waals surface area contributed by atoms with Crippen LogP contribution in [0, 0.1) is 20.8 Å². The molecule has 142 valence electrons. The Kier molecular flexibility index (Phi) is 10.8. The van der Waals surface area contributed by atoms with Gasteiger partial charge in [0.05, 0.1) is 18.5 Å². The minimum atomic E-state index is -0.568. The van der Waals surface area contributed by atoms with E-state index in [9.17, 15) is 4.79 Å². The summed E-state index contributed by atoms with van der Waals surface area (Å²) in [4.78, 5) is 21.4. The van der Waals surface area contributed by atoms with Crippen molar-refractivity contribution in [1.29, 1.82) is 0 Å². The number of hydrogen-bond donors (Lipinski definition) is 0. The molecule has 1 amide bonds. The van der Waals surface area contributed by atoms with E-state index in [2.05, 4.69) is 42.9 Å². The van der Waals surface area contributed by atoms with Crippen molar-refractivity contribution in [3.63, 3.8) is 0 Å². The number of nitrogens with zero attached hydrogens (tertiary/aromatic N) is 2. The average molecular weight is 455 g/mol. The Morgan fingerprint density at radius 3 is 2.23 bits per heavy atom. The quantitative estimate of drug-likeness (QED) is 0.397. The molecule has 0 saturated heterocycles. The summed E-state index contributed by atoms with van der Waals surface area (Å²) in [5.41, 5.74) is 4.58. The Morgan fingerprint density at radius 2 is 1.69 bits per heavy atom. The molecule has 1 aromatic carbocycles. The van der Waals surface area contributed by atoms with Crippen LogP contribution in [0.4, 0.5) is 10.5 Å². The molecule has 0 saturated carbocycles. The third kappa shape index (κ3) is 8.02. The van der Waals surface area contributed by atoms with E-state index in [1.807, 2.05) is 18.3 Å². The van der Waals surface area contributed by atoms with Crippen molar-refractivity contribution in [2.45, 2.75) is 27.7 Å². The van der Waals surface area contributed by atoms with Gasteiger partial charge in [-0.05, 0) is 51.0 Å². The van der Waals surface area contributed by atoms with E-state index in [4.69, 9.17) is 24.9 Å². The monoisotopic (exact) mass is 454 g/mol. The molecule has 2 aromatic rings. The molecule has 8 heteroatoms. The van der Waals surface area contributed by atoms with Crippen LogP contribution in [0.1, 0.15) is 33.4 Å². The normalized spacial score (nSPS) is 11.0. The molecule has 1 aromatic heterocycles. The van der Waals surface area contributed by atoms with Crippen LogP contribution in [0.3, 0.4) is 0 Å².